The smallest absolute Gasteiger partial charge is 0.353 e. The number of rotatable bonds is 3. The summed E-state index contributed by atoms with van der Waals surface area (Å²) < 4.78 is 40.0. The number of hydrogen-bond acceptors (Lipinski definition) is 4. The Labute approximate surface area is 196 Å². The van der Waals surface area contributed by atoms with Crippen molar-refractivity contribution in [2.75, 3.05) is 44.2 Å². The van der Waals surface area contributed by atoms with Gasteiger partial charge in [-0.3, -0.25) is 9.59 Å². The average molecular weight is 473 g/mol. The summed E-state index contributed by atoms with van der Waals surface area (Å²) in [5, 5.41) is 0. The van der Waals surface area contributed by atoms with Crippen molar-refractivity contribution in [3.63, 3.8) is 0 Å². The molecule has 2 aliphatic heterocycles. The van der Waals surface area contributed by atoms with E-state index in [0.717, 1.165) is 31.4 Å². The van der Waals surface area contributed by atoms with Crippen molar-refractivity contribution in [2.24, 2.45) is 11.3 Å². The molecule has 1 aromatic heterocycles. The van der Waals surface area contributed by atoms with E-state index < -0.39 is 17.6 Å². The predicted octanol–water partition coefficient (Wildman–Crippen LogP) is 3.69. The number of alkyl halides is 3. The van der Waals surface area contributed by atoms with Gasteiger partial charge >= 0.3 is 6.18 Å². The summed E-state index contributed by atoms with van der Waals surface area (Å²) in [7, 11) is 0. The molecule has 34 heavy (non-hydrogen) atoms. The van der Waals surface area contributed by atoms with E-state index in [-0.39, 0.29) is 22.8 Å². The zero-order chi connectivity index (χ0) is 23.9. The summed E-state index contributed by atoms with van der Waals surface area (Å²) in [4.78, 5) is 36.0. The number of carbonyl (C=O) groups is 2. The van der Waals surface area contributed by atoms with Gasteiger partial charge in [0, 0.05) is 51.4 Å². The standard InChI is InChI=1S/C25H27F3N4O2/c26-25(27,28)19-6-2-1-5-18(19)22(33)31-11-8-24(9-12-31)17-20(24)23(34)32-15-13-30(14-16-32)21-7-3-4-10-29-21/h1-7,10,20H,8-9,11-17H2. The molecule has 0 radical (unpaired) electrons. The van der Waals surface area contributed by atoms with Crippen molar-refractivity contribution >= 4 is 17.6 Å². The van der Waals surface area contributed by atoms with E-state index >= 15 is 0 Å². The van der Waals surface area contributed by atoms with E-state index in [9.17, 15) is 22.8 Å². The zero-order valence-corrected chi connectivity index (χ0v) is 18.8. The van der Waals surface area contributed by atoms with Crippen LogP contribution in [0.15, 0.2) is 48.7 Å². The third-order valence-electron chi connectivity index (χ3n) is 7.56. The first-order valence-electron chi connectivity index (χ1n) is 11.7. The number of amides is 2. The largest absolute Gasteiger partial charge is 0.417 e. The highest BCUT2D eigenvalue weighted by atomic mass is 19.4. The molecular formula is C25H27F3N4O2. The maximum absolute atomic E-state index is 13.3. The molecule has 1 atom stereocenters. The first kappa shape index (κ1) is 22.7. The summed E-state index contributed by atoms with van der Waals surface area (Å²) in [5.74, 6) is 0.454. The molecule has 5 rings (SSSR count). The fourth-order valence-corrected chi connectivity index (χ4v) is 5.41. The summed E-state index contributed by atoms with van der Waals surface area (Å²) in [6.45, 7) is 3.54. The lowest BCUT2D eigenvalue weighted by Gasteiger charge is -2.37. The molecule has 1 spiro atoms. The van der Waals surface area contributed by atoms with Crippen molar-refractivity contribution in [1.29, 1.82) is 0 Å². The molecule has 3 fully saturated rings. The number of carbonyl (C=O) groups excluding carboxylic acids is 2. The number of piperidine rings is 1. The van der Waals surface area contributed by atoms with Crippen molar-refractivity contribution in [3.8, 4) is 0 Å². The van der Waals surface area contributed by atoms with E-state index in [0.29, 0.717) is 39.0 Å². The molecular weight excluding hydrogens is 445 g/mol. The molecule has 1 aliphatic carbocycles. The Morgan fingerprint density at radius 2 is 1.56 bits per heavy atom. The van der Waals surface area contributed by atoms with Crippen LogP contribution in [0.2, 0.25) is 0 Å². The molecule has 0 N–H and O–H groups in total. The quantitative estimate of drug-likeness (QED) is 0.684. The number of likely N-dealkylation sites (tertiary alicyclic amines) is 1. The summed E-state index contributed by atoms with van der Waals surface area (Å²) in [6, 6.07) is 10.7. The lowest BCUT2D eigenvalue weighted by Crippen LogP contribution is -2.50. The highest BCUT2D eigenvalue weighted by Crippen LogP contribution is 2.60. The number of anilines is 1. The topological polar surface area (TPSA) is 56.8 Å². The van der Waals surface area contributed by atoms with Gasteiger partial charge in [0.25, 0.3) is 5.91 Å². The average Bonchev–Trinajstić information content (AvgIpc) is 3.56. The Morgan fingerprint density at radius 3 is 2.21 bits per heavy atom. The number of aromatic nitrogens is 1. The second-order valence-electron chi connectivity index (χ2n) is 9.45. The van der Waals surface area contributed by atoms with Crippen LogP contribution in [-0.2, 0) is 11.0 Å². The fourth-order valence-electron chi connectivity index (χ4n) is 5.41. The molecule has 180 valence electrons. The van der Waals surface area contributed by atoms with Gasteiger partial charge in [-0.15, -0.1) is 0 Å². The van der Waals surface area contributed by atoms with E-state index in [1.165, 1.54) is 23.1 Å². The molecule has 6 nitrogen and oxygen atoms in total. The van der Waals surface area contributed by atoms with E-state index in [1.807, 2.05) is 23.1 Å². The van der Waals surface area contributed by atoms with Gasteiger partial charge in [0.2, 0.25) is 5.91 Å². The van der Waals surface area contributed by atoms with Crippen LogP contribution < -0.4 is 4.90 Å². The maximum atomic E-state index is 13.3. The monoisotopic (exact) mass is 472 g/mol. The Hall–Kier alpha value is -3.10. The van der Waals surface area contributed by atoms with Crippen LogP contribution in [0.4, 0.5) is 19.0 Å². The Morgan fingerprint density at radius 1 is 0.882 bits per heavy atom. The minimum absolute atomic E-state index is 0.0476. The lowest BCUT2D eigenvalue weighted by atomic mass is 9.89. The zero-order valence-electron chi connectivity index (χ0n) is 18.8. The van der Waals surface area contributed by atoms with Gasteiger partial charge in [-0.25, -0.2) is 4.98 Å². The minimum Gasteiger partial charge on any atom is -0.353 e. The SMILES string of the molecule is O=C(c1ccccc1C(F)(F)F)N1CCC2(CC1)CC2C(=O)N1CCN(c2ccccn2)CC1. The van der Waals surface area contributed by atoms with Gasteiger partial charge in [-0.1, -0.05) is 18.2 Å². The molecule has 2 amide bonds. The third-order valence-corrected chi connectivity index (χ3v) is 7.56. The van der Waals surface area contributed by atoms with Gasteiger partial charge < -0.3 is 14.7 Å². The van der Waals surface area contributed by atoms with Gasteiger partial charge in [0.1, 0.15) is 5.82 Å². The number of halogens is 3. The normalized spacial score (nSPS) is 22.1. The molecule has 2 saturated heterocycles. The van der Waals surface area contributed by atoms with Gasteiger partial charge in [0.15, 0.2) is 0 Å². The summed E-state index contributed by atoms with van der Waals surface area (Å²) in [5.41, 5.74) is -1.32. The molecule has 1 unspecified atom stereocenters. The first-order valence-corrected chi connectivity index (χ1v) is 11.7. The first-order chi connectivity index (χ1) is 16.3. The van der Waals surface area contributed by atoms with Crippen LogP contribution in [0, 0.1) is 11.3 Å². The van der Waals surface area contributed by atoms with Crippen LogP contribution in [0.25, 0.3) is 0 Å². The Bertz CT molecular complexity index is 1060. The highest BCUT2D eigenvalue weighted by molar-refractivity contribution is 5.96. The highest BCUT2D eigenvalue weighted by Gasteiger charge is 2.59. The Kier molecular flexibility index (Phi) is 5.73. The van der Waals surface area contributed by atoms with E-state index in [2.05, 4.69) is 9.88 Å². The van der Waals surface area contributed by atoms with Crippen LogP contribution in [0.1, 0.15) is 35.2 Å². The molecule has 1 aromatic carbocycles. The van der Waals surface area contributed by atoms with Crippen molar-refractivity contribution in [3.05, 3.63) is 59.8 Å². The van der Waals surface area contributed by atoms with Gasteiger partial charge in [-0.05, 0) is 48.9 Å². The van der Waals surface area contributed by atoms with Crippen LogP contribution in [-0.4, -0.2) is 65.9 Å². The third kappa shape index (κ3) is 4.23. The molecule has 1 saturated carbocycles. The molecule has 2 aromatic rings. The fraction of sp³-hybridized carbons (Fsp3) is 0.480. The van der Waals surface area contributed by atoms with Crippen molar-refractivity contribution < 1.29 is 22.8 Å². The summed E-state index contributed by atoms with van der Waals surface area (Å²) in [6.07, 6.45) is -0.709. The molecule has 3 aliphatic rings. The number of nitrogens with zero attached hydrogens (tertiary/aromatic N) is 4. The van der Waals surface area contributed by atoms with Crippen molar-refractivity contribution in [2.45, 2.75) is 25.4 Å². The van der Waals surface area contributed by atoms with Crippen LogP contribution in [0.5, 0.6) is 0 Å². The summed E-state index contributed by atoms with van der Waals surface area (Å²) >= 11 is 0. The molecule has 9 heteroatoms. The van der Waals surface area contributed by atoms with Gasteiger partial charge in [0.05, 0.1) is 11.1 Å². The molecule has 0 bridgehead atoms. The number of pyridine rings is 1. The number of hydrogen-bond donors (Lipinski definition) is 0. The lowest BCUT2D eigenvalue weighted by molar-refractivity contribution is -0.138. The van der Waals surface area contributed by atoms with Crippen LogP contribution in [0.3, 0.4) is 0 Å². The second kappa shape index (κ2) is 8.60. The maximum Gasteiger partial charge on any atom is 0.417 e. The number of benzene rings is 1. The predicted molar refractivity (Wildman–Crippen MR) is 120 cm³/mol. The minimum atomic E-state index is -4.57. The number of piperazine rings is 1. The van der Waals surface area contributed by atoms with Crippen LogP contribution >= 0.6 is 0 Å². The van der Waals surface area contributed by atoms with Gasteiger partial charge in [-0.2, -0.15) is 13.2 Å². The molecule has 3 heterocycles. The second-order valence-corrected chi connectivity index (χ2v) is 9.45. The van der Waals surface area contributed by atoms with E-state index in [4.69, 9.17) is 0 Å². The van der Waals surface area contributed by atoms with Crippen molar-refractivity contribution in [1.82, 2.24) is 14.8 Å². The Balaban J connectivity index is 1.16. The van der Waals surface area contributed by atoms with E-state index in [1.54, 1.807) is 6.20 Å².